The average Bonchev–Trinajstić information content (AvgIpc) is 3.27. The van der Waals surface area contributed by atoms with E-state index in [2.05, 4.69) is 15.0 Å². The third kappa shape index (κ3) is 7.18. The molecule has 1 fully saturated rings. The topological polar surface area (TPSA) is 136 Å². The molecular weight excluding hydrogens is 516 g/mol. The lowest BCUT2D eigenvalue weighted by atomic mass is 9.92. The summed E-state index contributed by atoms with van der Waals surface area (Å²) in [5.74, 6) is 2.01. The highest BCUT2D eigenvalue weighted by Gasteiger charge is 2.26. The van der Waals surface area contributed by atoms with E-state index in [-0.39, 0.29) is 17.8 Å². The lowest BCUT2D eigenvalue weighted by Crippen LogP contribution is -2.44. The molecule has 0 aliphatic heterocycles. The molecule has 202 valence electrons. The number of benzene rings is 1. The van der Waals surface area contributed by atoms with E-state index in [0.717, 1.165) is 36.6 Å². The minimum absolute atomic E-state index is 0.0771. The largest absolute Gasteiger partial charge is 0.493 e. The molecule has 0 radical (unpaired) electrons. The molecule has 2 heterocycles. The normalized spacial score (nSPS) is 18.8. The van der Waals surface area contributed by atoms with Gasteiger partial charge in [0, 0.05) is 50.2 Å². The smallest absolute Gasteiger partial charge is 0.279 e. The van der Waals surface area contributed by atoms with Crippen LogP contribution in [0, 0.1) is 0 Å². The molecule has 2 N–H and O–H groups in total. The Morgan fingerprint density at radius 3 is 2.49 bits per heavy atom. The van der Waals surface area contributed by atoms with Gasteiger partial charge in [0.25, 0.3) is 10.2 Å². The summed E-state index contributed by atoms with van der Waals surface area (Å²) in [4.78, 5) is 9.09. The quantitative estimate of drug-likeness (QED) is 0.347. The van der Waals surface area contributed by atoms with Crippen LogP contribution in [0.5, 0.6) is 5.75 Å². The number of hydrogen-bond acceptors (Lipinski definition) is 8. The number of nitrogens with zero attached hydrogens (tertiary/aromatic N) is 4. The van der Waals surface area contributed by atoms with E-state index in [1.54, 1.807) is 6.20 Å². The minimum Gasteiger partial charge on any atom is -0.493 e. The number of nitrogens with one attached hydrogen (secondary N) is 2. The van der Waals surface area contributed by atoms with Crippen molar-refractivity contribution in [1.29, 1.82) is 0 Å². The zero-order valence-electron chi connectivity index (χ0n) is 21.3. The Morgan fingerprint density at radius 2 is 1.78 bits per heavy atom. The molecule has 4 rings (SSSR count). The molecule has 1 aromatic carbocycles. The van der Waals surface area contributed by atoms with Crippen molar-refractivity contribution >= 4 is 36.9 Å². The molecule has 1 aliphatic carbocycles. The Kier molecular flexibility index (Phi) is 8.36. The predicted molar refractivity (Wildman–Crippen MR) is 144 cm³/mol. The standard InChI is InChI=1S/C24H34N6O5S2/c1-29(2)37(33,34)28-19-10-8-18(9-11-19)26-24-25-14-12-23(27-24)30-15-13-20-21(30)6-4-7-22(20)35-16-5-17-36(3,31)32/h4,6-7,12-15,18-19,28H,5,8-11,16-17H2,1-3H3,(H,25,26,27)/t18-,19-. The van der Waals surface area contributed by atoms with Crippen LogP contribution >= 0.6 is 0 Å². The fraction of sp³-hybridized carbons (Fsp3) is 0.500. The van der Waals surface area contributed by atoms with Crippen LogP contribution in [0.4, 0.5) is 5.95 Å². The van der Waals surface area contributed by atoms with E-state index in [0.29, 0.717) is 30.5 Å². The summed E-state index contributed by atoms with van der Waals surface area (Å²) in [5, 5.41) is 4.31. The van der Waals surface area contributed by atoms with Crippen LogP contribution in [0.15, 0.2) is 42.7 Å². The number of fused-ring (bicyclic) bond motifs is 1. The van der Waals surface area contributed by atoms with Gasteiger partial charge in [-0.25, -0.2) is 13.4 Å². The van der Waals surface area contributed by atoms with Gasteiger partial charge >= 0.3 is 0 Å². The summed E-state index contributed by atoms with van der Waals surface area (Å²) in [6.07, 6.45) is 8.36. The molecule has 0 amide bonds. The van der Waals surface area contributed by atoms with Crippen LogP contribution in [0.25, 0.3) is 16.7 Å². The summed E-state index contributed by atoms with van der Waals surface area (Å²) >= 11 is 0. The maximum Gasteiger partial charge on any atom is 0.279 e. The van der Waals surface area contributed by atoms with E-state index >= 15 is 0 Å². The zero-order chi connectivity index (χ0) is 26.6. The highest BCUT2D eigenvalue weighted by atomic mass is 32.2. The van der Waals surface area contributed by atoms with E-state index < -0.39 is 20.0 Å². The first-order valence-corrected chi connectivity index (χ1v) is 15.7. The van der Waals surface area contributed by atoms with Crippen LogP contribution in [-0.2, 0) is 20.0 Å². The summed E-state index contributed by atoms with van der Waals surface area (Å²) in [5.41, 5.74) is 0.916. The van der Waals surface area contributed by atoms with Crippen molar-refractivity contribution in [3.05, 3.63) is 42.7 Å². The lowest BCUT2D eigenvalue weighted by molar-refractivity contribution is 0.321. The number of hydrogen-bond donors (Lipinski definition) is 2. The van der Waals surface area contributed by atoms with Crippen LogP contribution in [-0.4, -0.2) is 80.5 Å². The number of rotatable bonds is 11. The highest BCUT2D eigenvalue weighted by Crippen LogP contribution is 2.29. The molecule has 0 unspecified atom stereocenters. The molecular formula is C24H34N6O5S2. The maximum atomic E-state index is 12.1. The van der Waals surface area contributed by atoms with Gasteiger partial charge in [-0.15, -0.1) is 0 Å². The summed E-state index contributed by atoms with van der Waals surface area (Å²) in [7, 11) is -3.42. The number of ether oxygens (including phenoxy) is 1. The van der Waals surface area contributed by atoms with Crippen molar-refractivity contribution in [3.63, 3.8) is 0 Å². The van der Waals surface area contributed by atoms with E-state index in [4.69, 9.17) is 9.72 Å². The maximum absolute atomic E-state index is 12.1. The minimum atomic E-state index is -3.44. The first-order chi connectivity index (χ1) is 17.5. The Hall–Kier alpha value is -2.74. The van der Waals surface area contributed by atoms with Crippen LogP contribution < -0.4 is 14.8 Å². The van der Waals surface area contributed by atoms with Gasteiger partial charge in [-0.2, -0.15) is 22.4 Å². The molecule has 0 bridgehead atoms. The van der Waals surface area contributed by atoms with Gasteiger partial charge in [-0.3, -0.25) is 0 Å². The van der Waals surface area contributed by atoms with Gasteiger partial charge in [0.15, 0.2) is 0 Å². The molecule has 37 heavy (non-hydrogen) atoms. The van der Waals surface area contributed by atoms with Gasteiger partial charge in [0.1, 0.15) is 21.4 Å². The SMILES string of the molecule is CN(C)S(=O)(=O)N[C@H]1CC[C@H](Nc2nccc(-n3ccc4c(OCCCS(C)(=O)=O)cccc43)n2)CC1. The second kappa shape index (κ2) is 11.3. The molecule has 3 aromatic rings. The summed E-state index contributed by atoms with van der Waals surface area (Å²) in [6, 6.07) is 9.60. The van der Waals surface area contributed by atoms with Crippen LogP contribution in [0.3, 0.4) is 0 Å². The molecule has 0 spiro atoms. The number of aromatic nitrogens is 3. The highest BCUT2D eigenvalue weighted by molar-refractivity contribution is 7.90. The Bertz CT molecular complexity index is 1430. The fourth-order valence-electron chi connectivity index (χ4n) is 4.38. The first kappa shape index (κ1) is 27.3. The predicted octanol–water partition coefficient (Wildman–Crippen LogP) is 2.35. The molecule has 2 aromatic heterocycles. The number of sulfone groups is 1. The Balaban J connectivity index is 1.40. The fourth-order valence-corrected chi connectivity index (χ4v) is 5.89. The van der Waals surface area contributed by atoms with E-state index in [9.17, 15) is 16.8 Å². The van der Waals surface area contributed by atoms with Crippen molar-refractivity contribution in [2.75, 3.05) is 38.0 Å². The molecule has 0 atom stereocenters. The monoisotopic (exact) mass is 550 g/mol. The first-order valence-electron chi connectivity index (χ1n) is 12.2. The average molecular weight is 551 g/mol. The molecule has 11 nitrogen and oxygen atoms in total. The molecule has 13 heteroatoms. The van der Waals surface area contributed by atoms with Crippen molar-refractivity contribution in [2.45, 2.75) is 44.2 Å². The number of anilines is 1. The second-order valence-corrected chi connectivity index (χ2v) is 13.7. The molecule has 1 saturated carbocycles. The summed E-state index contributed by atoms with van der Waals surface area (Å²) in [6.45, 7) is 0.317. The van der Waals surface area contributed by atoms with E-state index in [1.165, 1.54) is 24.7 Å². The molecule has 1 aliphatic rings. The van der Waals surface area contributed by atoms with Crippen molar-refractivity contribution < 1.29 is 21.6 Å². The van der Waals surface area contributed by atoms with E-state index in [1.807, 2.05) is 41.1 Å². The van der Waals surface area contributed by atoms with Crippen LogP contribution in [0.2, 0.25) is 0 Å². The Labute approximate surface area is 218 Å². The van der Waals surface area contributed by atoms with Gasteiger partial charge in [0.05, 0.1) is 17.9 Å². The second-order valence-electron chi connectivity index (χ2n) is 9.54. The lowest BCUT2D eigenvalue weighted by Gasteiger charge is -2.30. The van der Waals surface area contributed by atoms with Gasteiger partial charge in [-0.1, -0.05) is 6.07 Å². The zero-order valence-corrected chi connectivity index (χ0v) is 22.9. The van der Waals surface area contributed by atoms with Gasteiger partial charge in [0.2, 0.25) is 5.95 Å². The summed E-state index contributed by atoms with van der Waals surface area (Å²) < 4.78 is 58.6. The van der Waals surface area contributed by atoms with Gasteiger partial charge < -0.3 is 14.6 Å². The third-order valence-electron chi connectivity index (χ3n) is 6.35. The van der Waals surface area contributed by atoms with Crippen LogP contribution in [0.1, 0.15) is 32.1 Å². The van der Waals surface area contributed by atoms with Crippen molar-refractivity contribution in [1.82, 2.24) is 23.6 Å². The van der Waals surface area contributed by atoms with Gasteiger partial charge in [-0.05, 0) is 56.4 Å². The Morgan fingerprint density at radius 1 is 1.05 bits per heavy atom. The van der Waals surface area contributed by atoms with Crippen molar-refractivity contribution in [3.8, 4) is 11.6 Å². The van der Waals surface area contributed by atoms with Crippen molar-refractivity contribution in [2.24, 2.45) is 0 Å². The third-order valence-corrected chi connectivity index (χ3v) is 8.98. The molecule has 0 saturated heterocycles.